The molecule has 4 rings (SSSR count). The molecule has 0 saturated carbocycles. The van der Waals surface area contributed by atoms with Crippen molar-refractivity contribution in [3.8, 4) is 5.75 Å². The summed E-state index contributed by atoms with van der Waals surface area (Å²) in [6.07, 6.45) is 2.79. The van der Waals surface area contributed by atoms with E-state index in [0.29, 0.717) is 12.8 Å². The van der Waals surface area contributed by atoms with Crippen molar-refractivity contribution in [2.24, 2.45) is 0 Å². The van der Waals surface area contributed by atoms with E-state index in [1.165, 1.54) is 24.6 Å². The van der Waals surface area contributed by atoms with E-state index in [1.54, 1.807) is 16.7 Å². The molecule has 2 heterocycles. The van der Waals surface area contributed by atoms with Crippen LogP contribution < -0.4 is 4.90 Å². The number of amides is 1. The molecule has 1 N–H and O–H groups in total. The van der Waals surface area contributed by atoms with Gasteiger partial charge in [-0.15, -0.1) is 0 Å². The first-order chi connectivity index (χ1) is 14.1. The van der Waals surface area contributed by atoms with Gasteiger partial charge in [0.1, 0.15) is 0 Å². The highest BCUT2D eigenvalue weighted by Gasteiger charge is 2.30. The number of nitrogens with zero attached hydrogens (tertiary/aromatic N) is 2. The number of hydrogen-bond acceptors (Lipinski definition) is 5. The topological polar surface area (TPSA) is 60.9 Å². The van der Waals surface area contributed by atoms with Crippen LogP contribution in [0, 0.1) is 5.82 Å². The van der Waals surface area contributed by atoms with Crippen molar-refractivity contribution < 1.29 is 19.1 Å². The van der Waals surface area contributed by atoms with E-state index in [-0.39, 0.29) is 23.1 Å². The second-order valence-electron chi connectivity index (χ2n) is 7.39. The van der Waals surface area contributed by atoms with Crippen LogP contribution in [0.5, 0.6) is 5.75 Å². The molecule has 2 fully saturated rings. The summed E-state index contributed by atoms with van der Waals surface area (Å²) < 4.78 is 14.0. The van der Waals surface area contributed by atoms with E-state index in [2.05, 4.69) is 29.2 Å². The lowest BCUT2D eigenvalue weighted by atomic mass is 10.0. The maximum absolute atomic E-state index is 14.0. The van der Waals surface area contributed by atoms with Crippen LogP contribution in [0.25, 0.3) is 0 Å². The van der Waals surface area contributed by atoms with Crippen LogP contribution >= 0.6 is 11.8 Å². The summed E-state index contributed by atoms with van der Waals surface area (Å²) in [5, 5.41) is 9.62. The van der Waals surface area contributed by atoms with Gasteiger partial charge in [0, 0.05) is 42.4 Å². The number of rotatable bonds is 4. The lowest BCUT2D eigenvalue weighted by Gasteiger charge is -2.36. The van der Waals surface area contributed by atoms with Gasteiger partial charge in [-0.3, -0.25) is 9.59 Å². The summed E-state index contributed by atoms with van der Waals surface area (Å²) >= 11 is 1.78. The van der Waals surface area contributed by atoms with Crippen molar-refractivity contribution in [2.75, 3.05) is 36.0 Å². The minimum atomic E-state index is -0.962. The Morgan fingerprint density at radius 1 is 1.14 bits per heavy atom. The molecule has 7 heteroatoms. The third kappa shape index (κ3) is 3.96. The van der Waals surface area contributed by atoms with E-state index in [0.717, 1.165) is 36.2 Å². The standard InChI is InChI=1S/C22H23FN2O3S/c23-19-12-16(11-17(13-26)21(19)27)22(28)25-9-10-29-14-20(25)15-3-5-18(6-4-15)24-7-1-2-8-24/h3-6,11-13,20,27H,1-2,7-10,14H2. The number of phenols is 1. The Morgan fingerprint density at radius 3 is 2.55 bits per heavy atom. The minimum Gasteiger partial charge on any atom is -0.504 e. The summed E-state index contributed by atoms with van der Waals surface area (Å²) in [6.45, 7) is 2.70. The predicted octanol–water partition coefficient (Wildman–Crippen LogP) is 3.87. The molecule has 1 atom stereocenters. The van der Waals surface area contributed by atoms with E-state index < -0.39 is 11.6 Å². The van der Waals surface area contributed by atoms with Crippen molar-refractivity contribution in [2.45, 2.75) is 18.9 Å². The zero-order valence-electron chi connectivity index (χ0n) is 16.0. The van der Waals surface area contributed by atoms with Crippen LogP contribution in [0.15, 0.2) is 36.4 Å². The highest BCUT2D eigenvalue weighted by Crippen LogP contribution is 2.33. The van der Waals surface area contributed by atoms with Crippen molar-refractivity contribution in [3.63, 3.8) is 0 Å². The molecule has 2 saturated heterocycles. The Morgan fingerprint density at radius 2 is 1.86 bits per heavy atom. The van der Waals surface area contributed by atoms with Gasteiger partial charge < -0.3 is 14.9 Å². The summed E-state index contributed by atoms with van der Waals surface area (Å²) in [4.78, 5) is 28.3. The predicted molar refractivity (Wildman–Crippen MR) is 112 cm³/mol. The third-order valence-electron chi connectivity index (χ3n) is 5.61. The smallest absolute Gasteiger partial charge is 0.254 e. The highest BCUT2D eigenvalue weighted by molar-refractivity contribution is 7.99. The summed E-state index contributed by atoms with van der Waals surface area (Å²) in [5.74, 6) is -0.456. The zero-order valence-corrected chi connectivity index (χ0v) is 16.8. The van der Waals surface area contributed by atoms with Crippen LogP contribution in [-0.2, 0) is 0 Å². The lowest BCUT2D eigenvalue weighted by Crippen LogP contribution is -2.40. The molecule has 29 heavy (non-hydrogen) atoms. The minimum absolute atomic E-state index is 0.0768. The molecular weight excluding hydrogens is 391 g/mol. The zero-order chi connectivity index (χ0) is 20.4. The Labute approximate surface area is 173 Å². The molecule has 1 amide bonds. The number of carbonyl (C=O) groups excluding carboxylic acids is 2. The fourth-order valence-corrected chi connectivity index (χ4v) is 5.09. The Hall–Kier alpha value is -2.54. The molecule has 0 spiro atoms. The fourth-order valence-electron chi connectivity index (χ4n) is 4.01. The second-order valence-corrected chi connectivity index (χ2v) is 8.54. The van der Waals surface area contributed by atoms with Gasteiger partial charge in [-0.25, -0.2) is 4.39 Å². The van der Waals surface area contributed by atoms with Crippen molar-refractivity contribution in [1.82, 2.24) is 4.90 Å². The number of carbonyl (C=O) groups is 2. The molecule has 5 nitrogen and oxygen atoms in total. The second kappa shape index (κ2) is 8.45. The van der Waals surface area contributed by atoms with Gasteiger partial charge >= 0.3 is 0 Å². The lowest BCUT2D eigenvalue weighted by molar-refractivity contribution is 0.0701. The van der Waals surface area contributed by atoms with E-state index in [4.69, 9.17) is 0 Å². The van der Waals surface area contributed by atoms with Gasteiger partial charge in [-0.2, -0.15) is 11.8 Å². The first kappa shape index (κ1) is 19.8. The van der Waals surface area contributed by atoms with E-state index in [1.807, 2.05) is 0 Å². The van der Waals surface area contributed by atoms with Crippen LogP contribution in [0.3, 0.4) is 0 Å². The van der Waals surface area contributed by atoms with E-state index >= 15 is 0 Å². The first-order valence-corrected chi connectivity index (χ1v) is 11.0. The Balaban J connectivity index is 1.59. The van der Waals surface area contributed by atoms with E-state index in [9.17, 15) is 19.1 Å². The molecule has 0 aliphatic carbocycles. The van der Waals surface area contributed by atoms with Crippen molar-refractivity contribution in [1.29, 1.82) is 0 Å². The number of aldehydes is 1. The molecule has 0 radical (unpaired) electrons. The number of phenolic OH excluding ortho intramolecular Hbond substituents is 1. The van der Waals surface area contributed by atoms with Crippen LogP contribution in [0.1, 0.15) is 45.2 Å². The number of benzene rings is 2. The van der Waals surface area contributed by atoms with Gasteiger partial charge in [0.15, 0.2) is 17.9 Å². The van der Waals surface area contributed by atoms with Crippen LogP contribution in [-0.4, -0.2) is 53.3 Å². The van der Waals surface area contributed by atoms with Gasteiger partial charge in [-0.05, 0) is 42.7 Å². The maximum atomic E-state index is 14.0. The van der Waals surface area contributed by atoms with Gasteiger partial charge in [0.05, 0.1) is 11.6 Å². The molecule has 2 aromatic carbocycles. The molecule has 0 aromatic heterocycles. The summed E-state index contributed by atoms with van der Waals surface area (Å²) in [7, 11) is 0. The maximum Gasteiger partial charge on any atom is 0.254 e. The molecule has 1 unspecified atom stereocenters. The quantitative estimate of drug-likeness (QED) is 0.770. The van der Waals surface area contributed by atoms with Crippen LogP contribution in [0.4, 0.5) is 10.1 Å². The number of anilines is 1. The molecular formula is C22H23FN2O3S. The number of thioether (sulfide) groups is 1. The molecule has 2 aliphatic heterocycles. The van der Waals surface area contributed by atoms with Gasteiger partial charge in [-0.1, -0.05) is 12.1 Å². The normalized spacial score (nSPS) is 19.4. The molecule has 152 valence electrons. The van der Waals surface area contributed by atoms with Gasteiger partial charge in [0.25, 0.3) is 5.91 Å². The van der Waals surface area contributed by atoms with Crippen molar-refractivity contribution >= 4 is 29.6 Å². The van der Waals surface area contributed by atoms with Gasteiger partial charge in [0.2, 0.25) is 0 Å². The molecule has 2 aliphatic rings. The SMILES string of the molecule is O=Cc1cc(C(=O)N2CCSCC2c2ccc(N3CCCC3)cc2)cc(F)c1O. The number of hydrogen-bond donors (Lipinski definition) is 1. The molecule has 2 aromatic rings. The average molecular weight is 415 g/mol. The monoisotopic (exact) mass is 414 g/mol. The molecule has 0 bridgehead atoms. The number of aromatic hydroxyl groups is 1. The summed E-state index contributed by atoms with van der Waals surface area (Å²) in [5.41, 5.74) is 2.10. The Kier molecular flexibility index (Phi) is 5.76. The number of halogens is 1. The Bertz CT molecular complexity index is 913. The highest BCUT2D eigenvalue weighted by atomic mass is 32.2. The fraction of sp³-hybridized carbons (Fsp3) is 0.364. The van der Waals surface area contributed by atoms with Crippen LogP contribution in [0.2, 0.25) is 0 Å². The summed E-state index contributed by atoms with van der Waals surface area (Å²) in [6, 6.07) is 10.5. The first-order valence-electron chi connectivity index (χ1n) is 9.80. The average Bonchev–Trinajstić information content (AvgIpc) is 3.30. The largest absolute Gasteiger partial charge is 0.504 e. The van der Waals surface area contributed by atoms with Crippen molar-refractivity contribution in [3.05, 3.63) is 58.9 Å². The third-order valence-corrected chi connectivity index (χ3v) is 6.63.